The van der Waals surface area contributed by atoms with Gasteiger partial charge in [-0.2, -0.15) is 28.1 Å². The Kier molecular flexibility index (Phi) is 24.7. The first-order chi connectivity index (χ1) is 34.5. The van der Waals surface area contributed by atoms with Crippen LogP contribution in [0.1, 0.15) is 95.4 Å². The van der Waals surface area contributed by atoms with Crippen LogP contribution in [0.5, 0.6) is 0 Å². The van der Waals surface area contributed by atoms with E-state index in [1.54, 1.807) is 15.8 Å². The fourth-order valence-corrected chi connectivity index (χ4v) is 8.03. The molecule has 0 aromatic carbocycles. The van der Waals surface area contributed by atoms with E-state index >= 15 is 0 Å². The van der Waals surface area contributed by atoms with Gasteiger partial charge in [-0.15, -0.1) is 16.6 Å². The van der Waals surface area contributed by atoms with Crippen molar-refractivity contribution in [3.8, 4) is 12.3 Å². The highest BCUT2D eigenvalue weighted by atomic mass is 35.5. The van der Waals surface area contributed by atoms with Gasteiger partial charge >= 0.3 is 12.1 Å². The van der Waals surface area contributed by atoms with Crippen molar-refractivity contribution in [1.29, 1.82) is 0 Å². The second-order valence-electron chi connectivity index (χ2n) is 18.1. The molecular weight excluding hydrogens is 983 g/mol. The second-order valence-corrected chi connectivity index (χ2v) is 18.1. The number of anilines is 3. The number of ether oxygens (including phenoxy) is 4. The first-order valence-corrected chi connectivity index (χ1v) is 24.6. The van der Waals surface area contributed by atoms with Gasteiger partial charge in [0, 0.05) is 58.9 Å². The van der Waals surface area contributed by atoms with E-state index in [1.165, 1.54) is 10.9 Å². The summed E-state index contributed by atoms with van der Waals surface area (Å²) < 4.78 is 61.9. The Morgan fingerprint density at radius 2 is 1.33 bits per heavy atom. The summed E-state index contributed by atoms with van der Waals surface area (Å²) >= 11 is 0. The van der Waals surface area contributed by atoms with E-state index < -0.39 is 36.9 Å². The van der Waals surface area contributed by atoms with Gasteiger partial charge in [-0.1, -0.05) is 50.5 Å². The number of alkyl halides is 3. The van der Waals surface area contributed by atoms with Crippen LogP contribution in [0.25, 0.3) is 0 Å². The number of rotatable bonds is 29. The van der Waals surface area contributed by atoms with Crippen LogP contribution < -0.4 is 44.7 Å². The quantitative estimate of drug-likeness (QED) is 0.0341. The fraction of sp³-hybridized carbons (Fsp3) is 0.733. The van der Waals surface area contributed by atoms with Crippen LogP contribution in [-0.4, -0.2) is 190 Å². The van der Waals surface area contributed by atoms with Crippen LogP contribution in [0.4, 0.5) is 31.0 Å². The average molecular weight is 1060 g/mol. The summed E-state index contributed by atoms with van der Waals surface area (Å²) in [5.41, 5.74) is 18.9. The summed E-state index contributed by atoms with van der Waals surface area (Å²) in [5.74, 6) is 1.03. The maximum absolute atomic E-state index is 14.2. The van der Waals surface area contributed by atoms with E-state index in [1.807, 2.05) is 28.5 Å². The lowest BCUT2D eigenvalue weighted by Crippen LogP contribution is -3.00. The number of esters is 1. The van der Waals surface area contributed by atoms with Crippen molar-refractivity contribution >= 4 is 35.6 Å². The number of halogens is 4. The predicted octanol–water partition coefficient (Wildman–Crippen LogP) is -1.74. The molecule has 2 saturated heterocycles. The van der Waals surface area contributed by atoms with Gasteiger partial charge in [0.05, 0.1) is 63.2 Å². The van der Waals surface area contributed by atoms with Crippen molar-refractivity contribution < 1.29 is 58.9 Å². The smallest absolute Gasteiger partial charge is 0.490 e. The van der Waals surface area contributed by atoms with Crippen LogP contribution in [0.3, 0.4) is 0 Å². The number of terminal acetylenes is 1. The van der Waals surface area contributed by atoms with Gasteiger partial charge in [0.1, 0.15) is 31.0 Å². The monoisotopic (exact) mass is 1050 g/mol. The Labute approximate surface area is 430 Å². The van der Waals surface area contributed by atoms with Crippen LogP contribution in [0.2, 0.25) is 0 Å². The third-order valence-electron chi connectivity index (χ3n) is 12.2. The number of hydrogen-bond acceptors (Lipinski definition) is 20. The van der Waals surface area contributed by atoms with E-state index in [0.29, 0.717) is 141 Å². The lowest BCUT2D eigenvalue weighted by Gasteiger charge is -2.38. The SMILES string of the molecule is C#CCOCCOCCOCCNc1nc(N2CCN(C(=O)C([C@@H](C)CC)n3cc(C(N)COC(=O)C(F)(F)F)nn3)CC2)nc(N2CCN(C(=O)[C@H](CCCCN)n3cc(C(N)CC(C)C)nn3)CC2)n1.[Cl-]. The third-order valence-corrected chi connectivity index (χ3v) is 12.2. The molecule has 2 amide bonds. The van der Waals surface area contributed by atoms with E-state index in [0.717, 1.165) is 19.3 Å². The third kappa shape index (κ3) is 18.1. The number of hydrogen-bond donors (Lipinski definition) is 4. The predicted molar refractivity (Wildman–Crippen MR) is 258 cm³/mol. The maximum Gasteiger partial charge on any atom is 0.490 e. The molecule has 408 valence electrons. The van der Waals surface area contributed by atoms with E-state index in [9.17, 15) is 27.6 Å². The molecule has 28 heteroatoms. The highest BCUT2D eigenvalue weighted by molar-refractivity contribution is 5.81. The van der Waals surface area contributed by atoms with Gasteiger partial charge < -0.3 is 73.5 Å². The molecule has 7 N–H and O–H groups in total. The van der Waals surface area contributed by atoms with E-state index in [4.69, 9.17) is 52.8 Å². The summed E-state index contributed by atoms with van der Waals surface area (Å²) in [4.78, 5) is 61.7. The average Bonchev–Trinajstić information content (AvgIpc) is 4.07. The van der Waals surface area contributed by atoms with Crippen molar-refractivity contribution in [3.05, 3.63) is 23.8 Å². The molecule has 5 atom stereocenters. The first-order valence-electron chi connectivity index (χ1n) is 24.6. The molecule has 73 heavy (non-hydrogen) atoms. The van der Waals surface area contributed by atoms with Crippen molar-refractivity contribution in [3.63, 3.8) is 0 Å². The first kappa shape index (κ1) is 60.1. The summed E-state index contributed by atoms with van der Waals surface area (Å²) in [6.07, 6.45) is 6.60. The van der Waals surface area contributed by atoms with Crippen LogP contribution in [-0.2, 0) is 33.3 Å². The molecule has 3 aromatic heterocycles. The molecule has 2 aliphatic rings. The molecule has 5 rings (SSSR count). The molecular formula is C45H72ClF3N17O7-. The van der Waals surface area contributed by atoms with Gasteiger partial charge in [-0.25, -0.2) is 14.2 Å². The molecule has 24 nitrogen and oxygen atoms in total. The van der Waals surface area contributed by atoms with Crippen molar-refractivity contribution in [1.82, 2.24) is 54.7 Å². The minimum Gasteiger partial charge on any atom is -1.00 e. The molecule has 5 heterocycles. The van der Waals surface area contributed by atoms with Crippen LogP contribution in [0.15, 0.2) is 12.4 Å². The van der Waals surface area contributed by atoms with Gasteiger partial charge in [0.15, 0.2) is 0 Å². The Morgan fingerprint density at radius 3 is 1.89 bits per heavy atom. The number of nitrogens with zero attached hydrogens (tertiary/aromatic N) is 13. The molecule has 0 bridgehead atoms. The fourth-order valence-electron chi connectivity index (χ4n) is 8.03. The number of nitrogens with one attached hydrogen (secondary N) is 1. The molecule has 0 saturated carbocycles. The summed E-state index contributed by atoms with van der Waals surface area (Å²) in [7, 11) is 0. The Morgan fingerprint density at radius 1 is 0.781 bits per heavy atom. The zero-order chi connectivity index (χ0) is 52.2. The number of amides is 2. The molecule has 2 aliphatic heterocycles. The van der Waals surface area contributed by atoms with E-state index in [2.05, 4.69) is 50.4 Å². The standard InChI is InChI=1S/C45H72F3N17O7.ClH/c1-6-21-69-23-25-71-26-24-70-22-12-52-42-53-43(62-17-13-60(14-18-62)39(66)37(10-8-9-11-49)64-28-35(56-58-64)33(50)27-31(3)4)55-44(54-42)63-19-15-61(16-20-63)40(67)38(32(5)7-2)65-29-36(57-59-65)34(51)30-72-41(68)45(46,47)48;/h1,28-29,31-34,37-38H,7-27,30,49-51H2,2-5H3,(H,52,53,54,55);1H/p-1/t32-,33?,34?,37-,38?;/m0./s1. The molecule has 0 radical (unpaired) electrons. The number of unbranched alkanes of at least 4 members (excludes halogenated alkanes) is 1. The van der Waals surface area contributed by atoms with E-state index in [-0.39, 0.29) is 48.5 Å². The number of carbonyl (C=O) groups is 3. The normalized spacial score (nSPS) is 16.4. The van der Waals surface area contributed by atoms with Gasteiger partial charge in [-0.05, 0) is 44.1 Å². The minimum absolute atomic E-state index is 0. The lowest BCUT2D eigenvalue weighted by molar-refractivity contribution is -0.200. The molecule has 3 aromatic rings. The summed E-state index contributed by atoms with van der Waals surface area (Å²) in [6.45, 7) is 13.2. The van der Waals surface area contributed by atoms with Crippen LogP contribution in [0, 0.1) is 24.2 Å². The van der Waals surface area contributed by atoms with Crippen molar-refractivity contribution in [2.24, 2.45) is 29.0 Å². The highest BCUT2D eigenvalue weighted by Crippen LogP contribution is 2.28. The van der Waals surface area contributed by atoms with Gasteiger partial charge in [0.25, 0.3) is 0 Å². The Balaban J connectivity index is 0.0000116. The molecule has 3 unspecified atom stereocenters. The minimum atomic E-state index is -5.17. The Hall–Kier alpha value is -5.50. The van der Waals surface area contributed by atoms with Crippen molar-refractivity contribution in [2.45, 2.75) is 90.1 Å². The Bertz CT molecular complexity index is 2180. The zero-order valence-corrected chi connectivity index (χ0v) is 42.9. The highest BCUT2D eigenvalue weighted by Gasteiger charge is 2.41. The maximum atomic E-state index is 14.2. The largest absolute Gasteiger partial charge is 1.00 e. The van der Waals surface area contributed by atoms with Gasteiger partial charge in [-0.3, -0.25) is 9.59 Å². The summed E-state index contributed by atoms with van der Waals surface area (Å²) in [5, 5.41) is 20.1. The van der Waals surface area contributed by atoms with Crippen LogP contribution >= 0.6 is 0 Å². The number of aromatic nitrogens is 9. The molecule has 0 spiro atoms. The summed E-state index contributed by atoms with van der Waals surface area (Å²) in [6, 6.07) is -2.87. The molecule has 2 fully saturated rings. The number of carbonyl (C=O) groups excluding carboxylic acids is 3. The van der Waals surface area contributed by atoms with Gasteiger partial charge in [0.2, 0.25) is 29.7 Å². The van der Waals surface area contributed by atoms with Crippen molar-refractivity contribution in [2.75, 3.05) is 127 Å². The second kappa shape index (κ2) is 30.0. The molecule has 0 aliphatic carbocycles. The topological polar surface area (TPSA) is 291 Å². The number of nitrogens with two attached hydrogens (primary N) is 3. The zero-order valence-electron chi connectivity index (χ0n) is 42.2. The lowest BCUT2D eigenvalue weighted by atomic mass is 9.97. The number of piperazine rings is 2.